The minimum atomic E-state index is -0.122. The molecule has 3 nitrogen and oxygen atoms in total. The van der Waals surface area contributed by atoms with Gasteiger partial charge in [-0.3, -0.25) is 4.98 Å². The van der Waals surface area contributed by atoms with E-state index < -0.39 is 0 Å². The predicted molar refractivity (Wildman–Crippen MR) is 72.6 cm³/mol. The molecule has 3 heteroatoms. The largest absolute Gasteiger partial charge is 0.494 e. The van der Waals surface area contributed by atoms with Crippen molar-refractivity contribution in [2.24, 2.45) is 5.73 Å². The summed E-state index contributed by atoms with van der Waals surface area (Å²) in [4.78, 5) is 4.08. The molecule has 1 aromatic heterocycles. The minimum Gasteiger partial charge on any atom is -0.494 e. The molecule has 0 amide bonds. The summed E-state index contributed by atoms with van der Waals surface area (Å²) < 4.78 is 5.42. The molecule has 0 aliphatic rings. The van der Waals surface area contributed by atoms with Gasteiger partial charge in [0.2, 0.25) is 0 Å². The number of nitrogens with zero attached hydrogens (tertiary/aromatic N) is 1. The van der Waals surface area contributed by atoms with Gasteiger partial charge in [-0.25, -0.2) is 0 Å². The van der Waals surface area contributed by atoms with Crippen LogP contribution in [0.5, 0.6) is 5.75 Å². The number of rotatable bonds is 4. The van der Waals surface area contributed by atoms with Gasteiger partial charge in [0.25, 0.3) is 0 Å². The van der Waals surface area contributed by atoms with Gasteiger partial charge in [0, 0.05) is 12.4 Å². The molecule has 0 aliphatic heterocycles. The molecular weight excluding hydrogens is 224 g/mol. The summed E-state index contributed by atoms with van der Waals surface area (Å²) in [5.41, 5.74) is 9.56. The molecule has 0 spiro atoms. The summed E-state index contributed by atoms with van der Waals surface area (Å²) in [6.45, 7) is 4.67. The van der Waals surface area contributed by atoms with E-state index in [1.807, 2.05) is 50.4 Å². The van der Waals surface area contributed by atoms with Gasteiger partial charge in [-0.2, -0.15) is 0 Å². The van der Waals surface area contributed by atoms with E-state index in [9.17, 15) is 0 Å². The van der Waals surface area contributed by atoms with E-state index >= 15 is 0 Å². The van der Waals surface area contributed by atoms with Gasteiger partial charge >= 0.3 is 0 Å². The van der Waals surface area contributed by atoms with Crippen molar-refractivity contribution in [1.29, 1.82) is 0 Å². The Morgan fingerprint density at radius 1 is 1.22 bits per heavy atom. The highest BCUT2D eigenvalue weighted by atomic mass is 16.5. The lowest BCUT2D eigenvalue weighted by molar-refractivity contribution is 0.340. The van der Waals surface area contributed by atoms with E-state index in [0.717, 1.165) is 22.4 Å². The van der Waals surface area contributed by atoms with Crippen LogP contribution in [0, 0.1) is 6.92 Å². The quantitative estimate of drug-likeness (QED) is 0.896. The van der Waals surface area contributed by atoms with E-state index in [1.165, 1.54) is 0 Å². The Morgan fingerprint density at radius 3 is 2.56 bits per heavy atom. The second kappa shape index (κ2) is 5.65. The van der Waals surface area contributed by atoms with Crippen LogP contribution >= 0.6 is 0 Å². The van der Waals surface area contributed by atoms with Crippen LogP contribution in [0.4, 0.5) is 0 Å². The molecule has 2 N–H and O–H groups in total. The van der Waals surface area contributed by atoms with Gasteiger partial charge in [0.05, 0.1) is 12.6 Å². The highest BCUT2D eigenvalue weighted by Crippen LogP contribution is 2.23. The summed E-state index contributed by atoms with van der Waals surface area (Å²) in [6, 6.07) is 9.77. The van der Waals surface area contributed by atoms with Gasteiger partial charge in [0.1, 0.15) is 5.75 Å². The zero-order chi connectivity index (χ0) is 13.0. The fourth-order valence-electron chi connectivity index (χ4n) is 1.95. The third-order valence-electron chi connectivity index (χ3n) is 2.95. The Balaban J connectivity index is 2.23. The van der Waals surface area contributed by atoms with Gasteiger partial charge in [0.15, 0.2) is 0 Å². The third-order valence-corrected chi connectivity index (χ3v) is 2.95. The summed E-state index contributed by atoms with van der Waals surface area (Å²) >= 11 is 0. The number of aryl methyl sites for hydroxylation is 1. The van der Waals surface area contributed by atoms with Crippen LogP contribution in [0.2, 0.25) is 0 Å². The molecule has 0 aliphatic carbocycles. The zero-order valence-electron chi connectivity index (χ0n) is 10.8. The Kier molecular flexibility index (Phi) is 3.95. The molecule has 18 heavy (non-hydrogen) atoms. The normalized spacial score (nSPS) is 12.2. The maximum absolute atomic E-state index is 6.27. The standard InChI is InChI=1S/C15H18N2O/c1-3-18-13-6-4-12(5-7-13)15(16)14-8-9-17-10-11(14)2/h4-10,15H,3,16H2,1-2H3. The van der Waals surface area contributed by atoms with Crippen LogP contribution in [-0.4, -0.2) is 11.6 Å². The number of hydrogen-bond donors (Lipinski definition) is 1. The Hall–Kier alpha value is -1.87. The van der Waals surface area contributed by atoms with Gasteiger partial charge in [-0.05, 0) is 48.7 Å². The maximum atomic E-state index is 6.27. The van der Waals surface area contributed by atoms with Crippen LogP contribution in [0.15, 0.2) is 42.7 Å². The molecule has 1 unspecified atom stereocenters. The molecule has 0 saturated heterocycles. The molecule has 0 bridgehead atoms. The minimum absolute atomic E-state index is 0.122. The van der Waals surface area contributed by atoms with Crippen molar-refractivity contribution in [2.45, 2.75) is 19.9 Å². The summed E-state index contributed by atoms with van der Waals surface area (Å²) in [5, 5.41) is 0. The SMILES string of the molecule is CCOc1ccc(C(N)c2ccncc2C)cc1. The first-order valence-corrected chi connectivity index (χ1v) is 6.11. The molecule has 1 atom stereocenters. The lowest BCUT2D eigenvalue weighted by Crippen LogP contribution is -2.13. The summed E-state index contributed by atoms with van der Waals surface area (Å²) in [7, 11) is 0. The van der Waals surface area contributed by atoms with Gasteiger partial charge in [-0.15, -0.1) is 0 Å². The lowest BCUT2D eigenvalue weighted by atomic mass is 9.97. The Bertz CT molecular complexity index is 508. The van der Waals surface area contributed by atoms with Crippen molar-refractivity contribution in [2.75, 3.05) is 6.61 Å². The second-order valence-corrected chi connectivity index (χ2v) is 4.21. The van der Waals surface area contributed by atoms with Gasteiger partial charge < -0.3 is 10.5 Å². The third kappa shape index (κ3) is 2.68. The van der Waals surface area contributed by atoms with E-state index in [1.54, 1.807) is 6.20 Å². The molecule has 2 aromatic rings. The van der Waals surface area contributed by atoms with Crippen LogP contribution in [0.25, 0.3) is 0 Å². The predicted octanol–water partition coefficient (Wildman–Crippen LogP) is 2.84. The topological polar surface area (TPSA) is 48.1 Å². The molecule has 0 saturated carbocycles. The number of hydrogen-bond acceptors (Lipinski definition) is 3. The van der Waals surface area contributed by atoms with Crippen LogP contribution in [0.1, 0.15) is 29.7 Å². The molecule has 1 aromatic carbocycles. The summed E-state index contributed by atoms with van der Waals surface area (Å²) in [6.07, 6.45) is 3.61. The molecule has 2 rings (SSSR count). The van der Waals surface area contributed by atoms with Crippen molar-refractivity contribution in [3.05, 3.63) is 59.4 Å². The maximum Gasteiger partial charge on any atom is 0.119 e. The number of ether oxygens (including phenoxy) is 1. The average molecular weight is 242 g/mol. The van der Waals surface area contributed by atoms with Crippen molar-refractivity contribution in [1.82, 2.24) is 4.98 Å². The monoisotopic (exact) mass is 242 g/mol. The molecule has 1 heterocycles. The second-order valence-electron chi connectivity index (χ2n) is 4.21. The van der Waals surface area contributed by atoms with Crippen molar-refractivity contribution in [3.63, 3.8) is 0 Å². The molecule has 94 valence electrons. The number of nitrogens with two attached hydrogens (primary N) is 1. The van der Waals surface area contributed by atoms with Gasteiger partial charge in [-0.1, -0.05) is 12.1 Å². The van der Waals surface area contributed by atoms with Crippen LogP contribution in [-0.2, 0) is 0 Å². The number of aromatic nitrogens is 1. The fraction of sp³-hybridized carbons (Fsp3) is 0.267. The molecule has 0 fully saturated rings. The Labute approximate surface area is 108 Å². The molecular formula is C15H18N2O. The Morgan fingerprint density at radius 2 is 1.94 bits per heavy atom. The van der Waals surface area contributed by atoms with E-state index in [2.05, 4.69) is 4.98 Å². The van der Waals surface area contributed by atoms with E-state index in [-0.39, 0.29) is 6.04 Å². The van der Waals surface area contributed by atoms with Crippen molar-refractivity contribution >= 4 is 0 Å². The average Bonchev–Trinajstić information content (AvgIpc) is 2.40. The smallest absolute Gasteiger partial charge is 0.119 e. The number of benzene rings is 1. The number of pyridine rings is 1. The lowest BCUT2D eigenvalue weighted by Gasteiger charge is -2.15. The zero-order valence-corrected chi connectivity index (χ0v) is 10.8. The first kappa shape index (κ1) is 12.6. The van der Waals surface area contributed by atoms with Crippen molar-refractivity contribution < 1.29 is 4.74 Å². The first-order valence-electron chi connectivity index (χ1n) is 6.11. The molecule has 0 radical (unpaired) electrons. The highest BCUT2D eigenvalue weighted by molar-refractivity contribution is 5.37. The summed E-state index contributed by atoms with van der Waals surface area (Å²) in [5.74, 6) is 0.875. The van der Waals surface area contributed by atoms with Crippen LogP contribution in [0.3, 0.4) is 0 Å². The van der Waals surface area contributed by atoms with Crippen LogP contribution < -0.4 is 10.5 Å². The highest BCUT2D eigenvalue weighted by Gasteiger charge is 2.11. The van der Waals surface area contributed by atoms with E-state index in [4.69, 9.17) is 10.5 Å². The first-order chi connectivity index (χ1) is 8.72. The van der Waals surface area contributed by atoms with E-state index in [0.29, 0.717) is 6.61 Å². The van der Waals surface area contributed by atoms with Crippen molar-refractivity contribution in [3.8, 4) is 5.75 Å². The fourth-order valence-corrected chi connectivity index (χ4v) is 1.95.